The molecule has 1 aromatic carbocycles. The van der Waals surface area contributed by atoms with Gasteiger partial charge in [0.1, 0.15) is 0 Å². The van der Waals surface area contributed by atoms with Crippen molar-refractivity contribution in [3.05, 3.63) is 42.1 Å². The first kappa shape index (κ1) is 8.87. The van der Waals surface area contributed by atoms with Crippen LogP contribution in [-0.2, 0) is 0 Å². The van der Waals surface area contributed by atoms with Gasteiger partial charge in [-0.05, 0) is 17.7 Å². The van der Waals surface area contributed by atoms with Crippen molar-refractivity contribution < 1.29 is 8.78 Å². The van der Waals surface area contributed by atoms with Crippen LogP contribution in [0, 0.1) is 0 Å². The lowest BCUT2D eigenvalue weighted by molar-refractivity contribution is 0.151. The number of rotatable bonds is 2. The Morgan fingerprint density at radius 1 is 1.21 bits per heavy atom. The van der Waals surface area contributed by atoms with Gasteiger partial charge in [0.05, 0.1) is 5.69 Å². The van der Waals surface area contributed by atoms with Gasteiger partial charge < -0.3 is 0 Å². The average molecular weight is 194 g/mol. The molecule has 0 aliphatic rings. The fourth-order valence-corrected chi connectivity index (χ4v) is 1.26. The number of nitrogens with one attached hydrogen (secondary N) is 1. The topological polar surface area (TPSA) is 28.7 Å². The molecule has 1 heterocycles. The monoisotopic (exact) mass is 194 g/mol. The van der Waals surface area contributed by atoms with Crippen LogP contribution in [0.4, 0.5) is 8.78 Å². The van der Waals surface area contributed by atoms with E-state index in [1.165, 1.54) is 12.1 Å². The number of aromatic amines is 1. The molecule has 0 aliphatic heterocycles. The Bertz CT molecular complexity index is 410. The lowest BCUT2D eigenvalue weighted by Gasteiger charge is -2.01. The van der Waals surface area contributed by atoms with E-state index >= 15 is 0 Å². The third-order valence-electron chi connectivity index (χ3n) is 1.95. The molecular weight excluding hydrogens is 186 g/mol. The second kappa shape index (κ2) is 3.57. The van der Waals surface area contributed by atoms with Crippen molar-refractivity contribution in [2.75, 3.05) is 0 Å². The highest BCUT2D eigenvalue weighted by molar-refractivity contribution is 5.59. The van der Waals surface area contributed by atoms with Gasteiger partial charge in [-0.25, -0.2) is 8.78 Å². The molecule has 0 fully saturated rings. The number of H-pyrrole nitrogens is 1. The van der Waals surface area contributed by atoms with Crippen molar-refractivity contribution in [3.63, 3.8) is 0 Å². The Balaban J connectivity index is 2.41. The molecule has 0 radical (unpaired) electrons. The Morgan fingerprint density at radius 2 is 2.07 bits per heavy atom. The summed E-state index contributed by atoms with van der Waals surface area (Å²) in [5.74, 6) is 0. The maximum atomic E-state index is 12.4. The van der Waals surface area contributed by atoms with Gasteiger partial charge in [0.15, 0.2) is 0 Å². The summed E-state index contributed by atoms with van der Waals surface area (Å²) in [5.41, 5.74) is 1.49. The van der Waals surface area contributed by atoms with Crippen molar-refractivity contribution in [3.8, 4) is 11.3 Å². The summed E-state index contributed by atoms with van der Waals surface area (Å²) < 4.78 is 24.7. The summed E-state index contributed by atoms with van der Waals surface area (Å²) in [6.07, 6.45) is -0.845. The summed E-state index contributed by atoms with van der Waals surface area (Å²) >= 11 is 0. The van der Waals surface area contributed by atoms with E-state index in [1.54, 1.807) is 24.4 Å². The highest BCUT2D eigenvalue weighted by Crippen LogP contribution is 2.23. The van der Waals surface area contributed by atoms with E-state index in [0.717, 1.165) is 11.3 Å². The van der Waals surface area contributed by atoms with Gasteiger partial charge in [-0.3, -0.25) is 5.10 Å². The van der Waals surface area contributed by atoms with Crippen LogP contribution >= 0.6 is 0 Å². The lowest BCUT2D eigenvalue weighted by Crippen LogP contribution is -1.85. The van der Waals surface area contributed by atoms with Crippen molar-refractivity contribution in [2.45, 2.75) is 6.43 Å². The Hall–Kier alpha value is -1.71. The molecule has 0 spiro atoms. The number of benzene rings is 1. The smallest absolute Gasteiger partial charge is 0.263 e. The lowest BCUT2D eigenvalue weighted by atomic mass is 10.1. The number of aromatic nitrogens is 2. The van der Waals surface area contributed by atoms with Gasteiger partial charge in [0, 0.05) is 11.8 Å². The largest absolute Gasteiger partial charge is 0.278 e. The first-order chi connectivity index (χ1) is 6.77. The van der Waals surface area contributed by atoms with E-state index in [1.807, 2.05) is 0 Å². The fourth-order valence-electron chi connectivity index (χ4n) is 1.26. The Kier molecular flexibility index (Phi) is 2.26. The standard InChI is InChI=1S/C10H8F2N2/c11-10(12)8-3-1-2-7(6-8)9-4-5-13-14-9/h1-6,10H,(H,13,14). The Morgan fingerprint density at radius 3 is 2.71 bits per heavy atom. The van der Waals surface area contributed by atoms with E-state index in [-0.39, 0.29) is 5.56 Å². The average Bonchev–Trinajstić information content (AvgIpc) is 2.71. The molecule has 72 valence electrons. The van der Waals surface area contributed by atoms with Gasteiger partial charge >= 0.3 is 0 Å². The van der Waals surface area contributed by atoms with Crippen molar-refractivity contribution >= 4 is 0 Å². The van der Waals surface area contributed by atoms with Gasteiger partial charge in [-0.1, -0.05) is 18.2 Å². The Labute approximate surface area is 79.6 Å². The van der Waals surface area contributed by atoms with Crippen molar-refractivity contribution in [2.24, 2.45) is 0 Å². The van der Waals surface area contributed by atoms with Crippen LogP contribution in [0.2, 0.25) is 0 Å². The van der Waals surface area contributed by atoms with E-state index < -0.39 is 6.43 Å². The molecule has 14 heavy (non-hydrogen) atoms. The SMILES string of the molecule is FC(F)c1cccc(-c2ccn[nH]2)c1. The molecule has 2 nitrogen and oxygen atoms in total. The van der Waals surface area contributed by atoms with Crippen LogP contribution in [0.1, 0.15) is 12.0 Å². The summed E-state index contributed by atoms with van der Waals surface area (Å²) in [6, 6.07) is 7.98. The minimum absolute atomic E-state index is 0.0251. The number of hydrogen-bond acceptors (Lipinski definition) is 1. The molecule has 0 atom stereocenters. The predicted octanol–water partition coefficient (Wildman–Crippen LogP) is 3.01. The molecule has 2 rings (SSSR count). The highest BCUT2D eigenvalue weighted by atomic mass is 19.3. The zero-order valence-electron chi connectivity index (χ0n) is 7.24. The third kappa shape index (κ3) is 1.64. The maximum absolute atomic E-state index is 12.4. The highest BCUT2D eigenvalue weighted by Gasteiger charge is 2.07. The number of halogens is 2. The second-order valence-corrected chi connectivity index (χ2v) is 2.90. The van der Waals surface area contributed by atoms with Crippen LogP contribution in [0.3, 0.4) is 0 Å². The summed E-state index contributed by atoms with van der Waals surface area (Å²) in [6.45, 7) is 0. The zero-order valence-corrected chi connectivity index (χ0v) is 7.24. The van der Waals surface area contributed by atoms with Gasteiger partial charge in [-0.2, -0.15) is 5.10 Å². The van der Waals surface area contributed by atoms with Gasteiger partial charge in [0.25, 0.3) is 6.43 Å². The van der Waals surface area contributed by atoms with E-state index in [2.05, 4.69) is 10.2 Å². The molecular formula is C10H8F2N2. The molecule has 2 aromatic rings. The maximum Gasteiger partial charge on any atom is 0.263 e. The van der Waals surface area contributed by atoms with E-state index in [4.69, 9.17) is 0 Å². The molecule has 1 aromatic heterocycles. The van der Waals surface area contributed by atoms with E-state index in [9.17, 15) is 8.78 Å². The van der Waals surface area contributed by atoms with E-state index in [0.29, 0.717) is 0 Å². The van der Waals surface area contributed by atoms with Crippen LogP contribution in [0.5, 0.6) is 0 Å². The van der Waals surface area contributed by atoms with Crippen molar-refractivity contribution in [1.82, 2.24) is 10.2 Å². The number of nitrogens with zero attached hydrogens (tertiary/aromatic N) is 1. The number of alkyl halides is 2. The molecule has 4 heteroatoms. The third-order valence-corrected chi connectivity index (χ3v) is 1.95. The first-order valence-corrected chi connectivity index (χ1v) is 4.15. The summed E-state index contributed by atoms with van der Waals surface area (Å²) in [5, 5.41) is 6.49. The van der Waals surface area contributed by atoms with Crippen LogP contribution in [-0.4, -0.2) is 10.2 Å². The number of hydrogen-bond donors (Lipinski definition) is 1. The quantitative estimate of drug-likeness (QED) is 0.782. The normalized spacial score (nSPS) is 10.8. The summed E-state index contributed by atoms with van der Waals surface area (Å²) in [7, 11) is 0. The predicted molar refractivity (Wildman–Crippen MR) is 49.0 cm³/mol. The minimum atomic E-state index is -2.43. The molecule has 0 aliphatic carbocycles. The van der Waals surface area contributed by atoms with Crippen molar-refractivity contribution in [1.29, 1.82) is 0 Å². The molecule has 0 amide bonds. The minimum Gasteiger partial charge on any atom is -0.278 e. The molecule has 0 saturated heterocycles. The second-order valence-electron chi connectivity index (χ2n) is 2.90. The van der Waals surface area contributed by atoms with Gasteiger partial charge in [-0.15, -0.1) is 0 Å². The first-order valence-electron chi connectivity index (χ1n) is 4.15. The molecule has 0 unspecified atom stereocenters. The van der Waals surface area contributed by atoms with Gasteiger partial charge in [0.2, 0.25) is 0 Å². The molecule has 0 saturated carbocycles. The zero-order chi connectivity index (χ0) is 9.97. The molecule has 1 N–H and O–H groups in total. The van der Waals surface area contributed by atoms with Crippen LogP contribution < -0.4 is 0 Å². The fraction of sp³-hybridized carbons (Fsp3) is 0.100. The molecule has 0 bridgehead atoms. The van der Waals surface area contributed by atoms with Crippen LogP contribution in [0.15, 0.2) is 36.5 Å². The summed E-state index contributed by atoms with van der Waals surface area (Å²) in [4.78, 5) is 0. The van der Waals surface area contributed by atoms with Crippen LogP contribution in [0.25, 0.3) is 11.3 Å².